The Morgan fingerprint density at radius 1 is 1.16 bits per heavy atom. The molecule has 0 aliphatic rings. The Morgan fingerprint density at radius 2 is 1.91 bits per heavy atom. The molecule has 0 aliphatic carbocycles. The van der Waals surface area contributed by atoms with Gasteiger partial charge in [0.15, 0.2) is 5.82 Å². The van der Waals surface area contributed by atoms with E-state index in [1.807, 2.05) is 0 Å². The summed E-state index contributed by atoms with van der Waals surface area (Å²) in [6.45, 7) is 0.546. The van der Waals surface area contributed by atoms with E-state index >= 15 is 0 Å². The lowest BCUT2D eigenvalue weighted by Gasteiger charge is -2.16. The van der Waals surface area contributed by atoms with Crippen LogP contribution in [0.2, 0.25) is 5.02 Å². The van der Waals surface area contributed by atoms with Crippen molar-refractivity contribution in [1.82, 2.24) is 20.3 Å². The first-order valence-corrected chi connectivity index (χ1v) is 10.2. The molecule has 0 spiro atoms. The van der Waals surface area contributed by atoms with E-state index in [2.05, 4.69) is 20.3 Å². The molecule has 0 saturated carbocycles. The monoisotopic (exact) mass is 462 g/mol. The number of ether oxygens (including phenoxy) is 1. The van der Waals surface area contributed by atoms with Crippen molar-refractivity contribution in [2.24, 2.45) is 0 Å². The highest BCUT2D eigenvalue weighted by molar-refractivity contribution is 6.36. The fourth-order valence-corrected chi connectivity index (χ4v) is 3.77. The molecule has 6 N–H and O–H groups in total. The molecule has 32 heavy (non-hydrogen) atoms. The van der Waals surface area contributed by atoms with Gasteiger partial charge in [0.1, 0.15) is 5.69 Å². The lowest BCUT2D eigenvalue weighted by molar-refractivity contribution is 0.0520. The second-order valence-electron chi connectivity index (χ2n) is 6.71. The molecule has 3 aromatic rings. The van der Waals surface area contributed by atoms with E-state index in [1.54, 1.807) is 19.1 Å². The number of benzene rings is 1. The summed E-state index contributed by atoms with van der Waals surface area (Å²) in [5.41, 5.74) is 2.32. The number of halogens is 1. The van der Waals surface area contributed by atoms with Crippen molar-refractivity contribution in [2.45, 2.75) is 33.3 Å². The molecule has 0 aliphatic heterocycles. The van der Waals surface area contributed by atoms with Crippen LogP contribution in [0.4, 0.5) is 0 Å². The van der Waals surface area contributed by atoms with E-state index in [9.17, 15) is 24.9 Å². The van der Waals surface area contributed by atoms with Gasteiger partial charge in [-0.2, -0.15) is 0 Å². The summed E-state index contributed by atoms with van der Waals surface area (Å²) in [7, 11) is 0. The number of nitrogens with one attached hydrogen (secondary N) is 3. The number of rotatable bonds is 9. The third-order valence-electron chi connectivity index (χ3n) is 4.92. The van der Waals surface area contributed by atoms with Crippen molar-refractivity contribution in [3.8, 4) is 11.1 Å². The van der Waals surface area contributed by atoms with Gasteiger partial charge in [-0.05, 0) is 29.2 Å². The topological polar surface area (TPSA) is 161 Å². The molecule has 0 bridgehead atoms. The van der Waals surface area contributed by atoms with E-state index < -0.39 is 25.1 Å². The van der Waals surface area contributed by atoms with Gasteiger partial charge in [-0.1, -0.05) is 23.7 Å². The third-order valence-corrected chi connectivity index (χ3v) is 5.30. The SMILES string of the molecule is CCOC(=O)c1[nH]c(CNC(=O)c2ncc[nH]2)c(-c2ccc(CO)c(CO)c2CO)c1Cl. The van der Waals surface area contributed by atoms with Gasteiger partial charge < -0.3 is 35.3 Å². The maximum atomic E-state index is 12.4. The summed E-state index contributed by atoms with van der Waals surface area (Å²) in [4.78, 5) is 34.2. The van der Waals surface area contributed by atoms with Gasteiger partial charge >= 0.3 is 5.97 Å². The minimum absolute atomic E-state index is 0.00793. The van der Waals surface area contributed by atoms with Crippen LogP contribution in [0.3, 0.4) is 0 Å². The maximum absolute atomic E-state index is 12.4. The molecule has 0 radical (unpaired) electrons. The predicted octanol–water partition coefficient (Wildman–Crippen LogP) is 1.64. The van der Waals surface area contributed by atoms with Gasteiger partial charge in [-0.25, -0.2) is 9.78 Å². The van der Waals surface area contributed by atoms with Crippen molar-refractivity contribution >= 4 is 23.5 Å². The number of esters is 1. The van der Waals surface area contributed by atoms with E-state index in [4.69, 9.17) is 16.3 Å². The molecule has 3 rings (SSSR count). The van der Waals surface area contributed by atoms with Crippen molar-refractivity contribution in [1.29, 1.82) is 0 Å². The number of nitrogens with zero attached hydrogens (tertiary/aromatic N) is 1. The van der Waals surface area contributed by atoms with E-state index in [-0.39, 0.29) is 36.3 Å². The molecule has 0 unspecified atom stereocenters. The van der Waals surface area contributed by atoms with E-state index in [1.165, 1.54) is 12.4 Å². The fourth-order valence-electron chi connectivity index (χ4n) is 3.43. The molecule has 170 valence electrons. The number of imidazole rings is 1. The largest absolute Gasteiger partial charge is 0.461 e. The minimum atomic E-state index is -0.678. The summed E-state index contributed by atoms with van der Waals surface area (Å²) in [6, 6.07) is 3.22. The van der Waals surface area contributed by atoms with Crippen LogP contribution in [0.25, 0.3) is 11.1 Å². The minimum Gasteiger partial charge on any atom is -0.461 e. The second kappa shape index (κ2) is 10.4. The number of amides is 1. The highest BCUT2D eigenvalue weighted by Gasteiger charge is 2.26. The molecule has 0 atom stereocenters. The molecule has 1 amide bonds. The van der Waals surface area contributed by atoms with Gasteiger partial charge in [0.25, 0.3) is 5.91 Å². The first-order valence-electron chi connectivity index (χ1n) is 9.78. The Bertz CT molecular complexity index is 1110. The highest BCUT2D eigenvalue weighted by atomic mass is 35.5. The zero-order valence-corrected chi connectivity index (χ0v) is 18.0. The maximum Gasteiger partial charge on any atom is 0.356 e. The zero-order valence-electron chi connectivity index (χ0n) is 17.2. The zero-order chi connectivity index (χ0) is 23.3. The molecular formula is C21H23ClN4O6. The quantitative estimate of drug-likeness (QED) is 0.263. The fraction of sp³-hybridized carbons (Fsp3) is 0.286. The molecule has 0 fully saturated rings. The normalized spacial score (nSPS) is 10.9. The van der Waals surface area contributed by atoms with Gasteiger partial charge in [0, 0.05) is 23.7 Å². The Hall–Kier alpha value is -3.18. The van der Waals surface area contributed by atoms with Crippen molar-refractivity contribution in [3.63, 3.8) is 0 Å². The number of carbonyl (C=O) groups is 2. The second-order valence-corrected chi connectivity index (χ2v) is 7.09. The summed E-state index contributed by atoms with van der Waals surface area (Å²) in [5.74, 6) is -1.04. The van der Waals surface area contributed by atoms with Crippen LogP contribution >= 0.6 is 11.6 Å². The first-order chi connectivity index (χ1) is 15.5. The summed E-state index contributed by atoms with van der Waals surface area (Å²) in [5, 5.41) is 32.1. The van der Waals surface area contributed by atoms with Crippen LogP contribution in [-0.2, 0) is 31.1 Å². The van der Waals surface area contributed by atoms with Crippen LogP contribution in [-0.4, -0.2) is 48.8 Å². The van der Waals surface area contributed by atoms with Gasteiger partial charge in [-0.15, -0.1) is 0 Å². The number of hydrogen-bond acceptors (Lipinski definition) is 7. The number of aliphatic hydroxyl groups excluding tert-OH is 3. The predicted molar refractivity (Wildman–Crippen MR) is 115 cm³/mol. The van der Waals surface area contributed by atoms with E-state index in [0.29, 0.717) is 33.5 Å². The van der Waals surface area contributed by atoms with Crippen LogP contribution in [0.1, 0.15) is 50.4 Å². The number of hydrogen-bond donors (Lipinski definition) is 6. The summed E-state index contributed by atoms with van der Waals surface area (Å²) >= 11 is 6.55. The third kappa shape index (κ3) is 4.53. The Morgan fingerprint density at radius 3 is 2.50 bits per heavy atom. The van der Waals surface area contributed by atoms with Crippen LogP contribution in [0.15, 0.2) is 24.5 Å². The molecule has 2 aromatic heterocycles. The number of aromatic amines is 2. The van der Waals surface area contributed by atoms with Crippen molar-refractivity contribution in [3.05, 3.63) is 63.5 Å². The average Bonchev–Trinajstić information content (AvgIpc) is 3.45. The molecular weight excluding hydrogens is 440 g/mol. The Balaban J connectivity index is 2.11. The first kappa shape index (κ1) is 23.5. The van der Waals surface area contributed by atoms with Gasteiger partial charge in [0.2, 0.25) is 0 Å². The smallest absolute Gasteiger partial charge is 0.356 e. The van der Waals surface area contributed by atoms with Crippen LogP contribution in [0, 0.1) is 0 Å². The molecule has 11 heteroatoms. The number of aliphatic hydroxyl groups is 3. The van der Waals surface area contributed by atoms with Gasteiger partial charge in [-0.3, -0.25) is 4.79 Å². The number of aromatic nitrogens is 3. The summed E-state index contributed by atoms with van der Waals surface area (Å²) in [6.07, 6.45) is 2.95. The lowest BCUT2D eigenvalue weighted by Crippen LogP contribution is -2.24. The van der Waals surface area contributed by atoms with Crippen molar-refractivity contribution in [2.75, 3.05) is 6.61 Å². The standard InChI is InChI=1S/C21H23ClN4O6/c1-2-32-21(31)18-17(22)16(12-4-3-11(8-27)13(9-28)14(12)10-29)15(26-18)7-25-20(30)19-23-5-6-24-19/h3-6,26-29H,2,7-10H2,1H3,(H,23,24)(H,25,30). The molecule has 1 aromatic carbocycles. The molecule has 2 heterocycles. The molecule has 10 nitrogen and oxygen atoms in total. The average molecular weight is 463 g/mol. The lowest BCUT2D eigenvalue weighted by atomic mass is 9.92. The van der Waals surface area contributed by atoms with Crippen LogP contribution < -0.4 is 5.32 Å². The number of H-pyrrole nitrogens is 2. The number of carbonyl (C=O) groups excluding carboxylic acids is 2. The molecule has 0 saturated heterocycles. The summed E-state index contributed by atoms with van der Waals surface area (Å²) < 4.78 is 5.06. The van der Waals surface area contributed by atoms with Crippen molar-refractivity contribution < 1.29 is 29.6 Å². The Labute approximate surface area is 188 Å². The Kier molecular flexibility index (Phi) is 7.65. The van der Waals surface area contributed by atoms with Crippen LogP contribution in [0.5, 0.6) is 0 Å². The highest BCUT2D eigenvalue weighted by Crippen LogP contribution is 2.38. The van der Waals surface area contributed by atoms with E-state index in [0.717, 1.165) is 0 Å². The van der Waals surface area contributed by atoms with Gasteiger partial charge in [0.05, 0.1) is 38.0 Å².